The van der Waals surface area contributed by atoms with E-state index in [-0.39, 0.29) is 0 Å². The van der Waals surface area contributed by atoms with E-state index in [0.29, 0.717) is 21.6 Å². The molecule has 2 aromatic heterocycles. The van der Waals surface area contributed by atoms with E-state index in [1.54, 1.807) is 18.9 Å². The molecular weight excluding hydrogens is 413 g/mol. The molecule has 2 heterocycles. The summed E-state index contributed by atoms with van der Waals surface area (Å²) in [6.07, 6.45) is 3.98. The third-order valence-electron chi connectivity index (χ3n) is 4.48. The van der Waals surface area contributed by atoms with Gasteiger partial charge >= 0.3 is 0 Å². The maximum absolute atomic E-state index is 6.48. The summed E-state index contributed by atoms with van der Waals surface area (Å²) in [6, 6.07) is 13.6. The topological polar surface area (TPSA) is 39.4 Å². The van der Waals surface area contributed by atoms with Crippen molar-refractivity contribution in [3.63, 3.8) is 0 Å². The first kappa shape index (κ1) is 19.1. The summed E-state index contributed by atoms with van der Waals surface area (Å²) in [6.45, 7) is 1.95. The Morgan fingerprint density at radius 1 is 0.964 bits per heavy atom. The van der Waals surface area contributed by atoms with Gasteiger partial charge in [0.2, 0.25) is 5.78 Å². The number of hydrogen-bond acceptors (Lipinski definition) is 4. The van der Waals surface area contributed by atoms with Gasteiger partial charge in [0.05, 0.1) is 28.5 Å². The second-order valence-electron chi connectivity index (χ2n) is 6.25. The lowest BCUT2D eigenvalue weighted by molar-refractivity contribution is 0.415. The predicted octanol–water partition coefficient (Wildman–Crippen LogP) is 6.41. The third kappa shape index (κ3) is 3.34. The Morgan fingerprint density at radius 2 is 1.71 bits per heavy atom. The van der Waals surface area contributed by atoms with Gasteiger partial charge in [-0.1, -0.05) is 29.3 Å². The largest absolute Gasteiger partial charge is 0.495 e. The average Bonchev–Trinajstić information content (AvgIpc) is 3.06. The van der Waals surface area contributed by atoms with Gasteiger partial charge in [-0.15, -0.1) is 11.8 Å². The number of ether oxygens (including phenoxy) is 1. The van der Waals surface area contributed by atoms with Gasteiger partial charge < -0.3 is 4.74 Å². The number of fused-ring (bicyclic) bond motifs is 1. The van der Waals surface area contributed by atoms with Crippen LogP contribution in [0.4, 0.5) is 0 Å². The van der Waals surface area contributed by atoms with Crippen LogP contribution in [0.3, 0.4) is 0 Å². The molecule has 0 saturated carbocycles. The summed E-state index contributed by atoms with van der Waals surface area (Å²) in [4.78, 5) is 10.4. The van der Waals surface area contributed by atoms with E-state index in [9.17, 15) is 0 Å². The normalized spacial score (nSPS) is 11.2. The number of methoxy groups -OCH3 is 1. The second kappa shape index (κ2) is 7.66. The number of halogens is 2. The zero-order valence-corrected chi connectivity index (χ0v) is 17.9. The molecule has 0 radical (unpaired) electrons. The molecule has 0 spiro atoms. The highest BCUT2D eigenvalue weighted by Gasteiger charge is 2.19. The number of hydrogen-bond donors (Lipinski definition) is 0. The minimum Gasteiger partial charge on any atom is -0.495 e. The SMILES string of the molecule is COc1ccc(-c2nc3nc(C)ccn3c2-c2ccc(SC)c(Cl)c2)cc1Cl. The first-order valence-electron chi connectivity index (χ1n) is 8.55. The van der Waals surface area contributed by atoms with Crippen LogP contribution in [-0.2, 0) is 0 Å². The molecular formula is C21H17Cl2N3OS. The van der Waals surface area contributed by atoms with E-state index in [2.05, 4.69) is 11.1 Å². The Morgan fingerprint density at radius 3 is 2.39 bits per heavy atom. The van der Waals surface area contributed by atoms with Crippen LogP contribution in [0.5, 0.6) is 5.75 Å². The van der Waals surface area contributed by atoms with Crippen molar-refractivity contribution in [2.45, 2.75) is 11.8 Å². The lowest BCUT2D eigenvalue weighted by Crippen LogP contribution is -1.93. The van der Waals surface area contributed by atoms with Gasteiger partial charge in [-0.3, -0.25) is 4.40 Å². The molecule has 0 aliphatic carbocycles. The van der Waals surface area contributed by atoms with E-state index in [0.717, 1.165) is 33.1 Å². The number of aryl methyl sites for hydroxylation is 1. The van der Waals surface area contributed by atoms with E-state index >= 15 is 0 Å². The van der Waals surface area contributed by atoms with Crippen LogP contribution in [0.1, 0.15) is 5.69 Å². The summed E-state index contributed by atoms with van der Waals surface area (Å²) in [5.41, 5.74) is 4.45. The van der Waals surface area contributed by atoms with Gasteiger partial charge in [-0.2, -0.15) is 0 Å². The molecule has 0 N–H and O–H groups in total. The number of nitrogens with zero attached hydrogens (tertiary/aromatic N) is 3. The van der Waals surface area contributed by atoms with Gasteiger partial charge in [0, 0.05) is 27.9 Å². The van der Waals surface area contributed by atoms with E-state index < -0.39 is 0 Å². The molecule has 142 valence electrons. The van der Waals surface area contributed by atoms with Crippen molar-refractivity contribution in [1.82, 2.24) is 14.4 Å². The van der Waals surface area contributed by atoms with Crippen LogP contribution < -0.4 is 4.74 Å². The molecule has 7 heteroatoms. The molecule has 28 heavy (non-hydrogen) atoms. The lowest BCUT2D eigenvalue weighted by atomic mass is 10.0. The van der Waals surface area contributed by atoms with Crippen LogP contribution in [0, 0.1) is 6.92 Å². The Balaban J connectivity index is 2.00. The van der Waals surface area contributed by atoms with E-state index in [1.807, 2.05) is 60.2 Å². The Bertz CT molecular complexity index is 1190. The molecule has 2 aromatic carbocycles. The van der Waals surface area contributed by atoms with Crippen molar-refractivity contribution in [3.05, 3.63) is 64.4 Å². The van der Waals surface area contributed by atoms with Gasteiger partial charge in [0.1, 0.15) is 5.75 Å². The van der Waals surface area contributed by atoms with Crippen molar-refractivity contribution in [3.8, 4) is 28.3 Å². The lowest BCUT2D eigenvalue weighted by Gasteiger charge is -2.09. The minimum absolute atomic E-state index is 0.530. The van der Waals surface area contributed by atoms with Crippen molar-refractivity contribution in [2.75, 3.05) is 13.4 Å². The maximum atomic E-state index is 6.48. The predicted molar refractivity (Wildman–Crippen MR) is 117 cm³/mol. The highest BCUT2D eigenvalue weighted by Crippen LogP contribution is 2.38. The molecule has 0 fully saturated rings. The molecule has 4 nitrogen and oxygen atoms in total. The fourth-order valence-electron chi connectivity index (χ4n) is 3.12. The van der Waals surface area contributed by atoms with Crippen molar-refractivity contribution in [1.29, 1.82) is 0 Å². The van der Waals surface area contributed by atoms with Gasteiger partial charge in [0.25, 0.3) is 0 Å². The number of thioether (sulfide) groups is 1. The quantitative estimate of drug-likeness (QED) is 0.351. The maximum Gasteiger partial charge on any atom is 0.235 e. The molecule has 0 atom stereocenters. The summed E-state index contributed by atoms with van der Waals surface area (Å²) in [5, 5.41) is 1.24. The highest BCUT2D eigenvalue weighted by molar-refractivity contribution is 7.98. The van der Waals surface area contributed by atoms with Crippen LogP contribution in [0.25, 0.3) is 28.3 Å². The van der Waals surface area contributed by atoms with Crippen LogP contribution in [-0.4, -0.2) is 27.7 Å². The zero-order chi connectivity index (χ0) is 19.8. The molecule has 0 saturated heterocycles. The van der Waals surface area contributed by atoms with Crippen molar-refractivity contribution in [2.24, 2.45) is 0 Å². The third-order valence-corrected chi connectivity index (χ3v) is 6.00. The number of rotatable bonds is 4. The second-order valence-corrected chi connectivity index (χ2v) is 7.91. The van der Waals surface area contributed by atoms with Crippen molar-refractivity contribution >= 4 is 40.7 Å². The minimum atomic E-state index is 0.530. The van der Waals surface area contributed by atoms with Gasteiger partial charge in [0.15, 0.2) is 0 Å². The van der Waals surface area contributed by atoms with Crippen molar-refractivity contribution < 1.29 is 4.74 Å². The van der Waals surface area contributed by atoms with Crippen LogP contribution in [0.15, 0.2) is 53.6 Å². The number of imidazole rings is 1. The molecule has 0 aliphatic rings. The first-order valence-corrected chi connectivity index (χ1v) is 10.5. The summed E-state index contributed by atoms with van der Waals surface area (Å²) in [7, 11) is 1.60. The molecule has 0 amide bonds. The molecule has 0 unspecified atom stereocenters. The fraction of sp³-hybridized carbons (Fsp3) is 0.143. The fourth-order valence-corrected chi connectivity index (χ4v) is 4.25. The monoisotopic (exact) mass is 429 g/mol. The number of aromatic nitrogens is 3. The molecule has 4 rings (SSSR count). The number of benzene rings is 2. The molecule has 4 aromatic rings. The van der Waals surface area contributed by atoms with Crippen LogP contribution in [0.2, 0.25) is 10.0 Å². The van der Waals surface area contributed by atoms with Gasteiger partial charge in [-0.05, 0) is 49.6 Å². The molecule has 0 bridgehead atoms. The van der Waals surface area contributed by atoms with Crippen LogP contribution >= 0.6 is 35.0 Å². The summed E-state index contributed by atoms with van der Waals surface area (Å²) >= 11 is 14.5. The molecule has 0 aliphatic heterocycles. The highest BCUT2D eigenvalue weighted by atomic mass is 35.5. The Hall–Kier alpha value is -2.21. The smallest absolute Gasteiger partial charge is 0.235 e. The standard InChI is InChI=1S/C21H17Cl2N3OS/c1-12-8-9-26-20(14-5-7-18(28-3)16(23)11-14)19(25-21(26)24-12)13-4-6-17(27-2)15(22)10-13/h4-11H,1-3H3. The Labute approximate surface area is 177 Å². The van der Waals surface area contributed by atoms with E-state index in [4.69, 9.17) is 32.9 Å². The summed E-state index contributed by atoms with van der Waals surface area (Å²) in [5.74, 6) is 1.25. The first-order chi connectivity index (χ1) is 13.5. The van der Waals surface area contributed by atoms with Gasteiger partial charge in [-0.25, -0.2) is 9.97 Å². The zero-order valence-electron chi connectivity index (χ0n) is 15.5. The average molecular weight is 430 g/mol. The summed E-state index contributed by atoms with van der Waals surface area (Å²) < 4.78 is 7.25. The Kier molecular flexibility index (Phi) is 5.23. The van der Waals surface area contributed by atoms with E-state index in [1.165, 1.54) is 0 Å².